The second kappa shape index (κ2) is 15.9. The molecule has 0 N–H and O–H groups in total. The molecule has 0 amide bonds. The van der Waals surface area contributed by atoms with Crippen LogP contribution in [-0.4, -0.2) is 25.2 Å². The predicted octanol–water partition coefficient (Wildman–Crippen LogP) is 6.17. The van der Waals surface area contributed by atoms with Crippen LogP contribution >= 0.6 is 0 Å². The van der Waals surface area contributed by atoms with Crippen molar-refractivity contribution in [2.75, 3.05) is 13.2 Å². The Hall–Kier alpha value is -1.06. The molecule has 0 radical (unpaired) electrons. The van der Waals surface area contributed by atoms with E-state index in [4.69, 9.17) is 9.47 Å². The predicted molar refractivity (Wildman–Crippen MR) is 111 cm³/mol. The molecule has 0 aliphatic rings. The molecule has 4 unspecified atom stereocenters. The van der Waals surface area contributed by atoms with Crippen LogP contribution in [0.3, 0.4) is 0 Å². The van der Waals surface area contributed by atoms with Crippen LogP contribution in [0.2, 0.25) is 0 Å². The fourth-order valence-corrected chi connectivity index (χ4v) is 3.34. The van der Waals surface area contributed by atoms with Gasteiger partial charge in [0.15, 0.2) is 0 Å². The Bertz CT molecular complexity index is 394. The van der Waals surface area contributed by atoms with E-state index in [0.29, 0.717) is 25.0 Å². The molecule has 0 spiro atoms. The van der Waals surface area contributed by atoms with E-state index in [1.54, 1.807) is 0 Å². The standard InChI is InChI=1S/C23H44O4/c1-7-12-20(10-4)22(24)26-16-18(6)14-15-19(9-3)17-27-23(25)21(11-5)13-8-2/h18-21H,7-17H2,1-6H3. The van der Waals surface area contributed by atoms with Crippen molar-refractivity contribution in [3.8, 4) is 0 Å². The number of carbonyl (C=O) groups is 2. The first kappa shape index (κ1) is 25.9. The van der Waals surface area contributed by atoms with Crippen molar-refractivity contribution >= 4 is 11.9 Å². The Morgan fingerprint density at radius 1 is 0.667 bits per heavy atom. The maximum Gasteiger partial charge on any atom is 0.308 e. The number of hydrogen-bond donors (Lipinski definition) is 0. The lowest BCUT2D eigenvalue weighted by molar-refractivity contribution is -0.151. The Balaban J connectivity index is 4.19. The normalized spacial score (nSPS) is 15.6. The van der Waals surface area contributed by atoms with Crippen LogP contribution in [0.4, 0.5) is 0 Å². The maximum atomic E-state index is 12.2. The molecule has 0 aromatic heterocycles. The summed E-state index contributed by atoms with van der Waals surface area (Å²) in [4.78, 5) is 24.3. The summed E-state index contributed by atoms with van der Waals surface area (Å²) in [5, 5.41) is 0. The third-order valence-electron chi connectivity index (χ3n) is 5.54. The third-order valence-corrected chi connectivity index (χ3v) is 5.54. The topological polar surface area (TPSA) is 52.6 Å². The average Bonchev–Trinajstić information content (AvgIpc) is 2.68. The zero-order chi connectivity index (χ0) is 20.7. The van der Waals surface area contributed by atoms with Crippen LogP contribution in [0.15, 0.2) is 0 Å². The van der Waals surface area contributed by atoms with Gasteiger partial charge in [-0.1, -0.05) is 60.8 Å². The molecule has 0 aliphatic carbocycles. The number of carbonyl (C=O) groups excluding carboxylic acids is 2. The average molecular weight is 385 g/mol. The quantitative estimate of drug-likeness (QED) is 0.299. The van der Waals surface area contributed by atoms with Crippen LogP contribution in [0, 0.1) is 23.7 Å². The van der Waals surface area contributed by atoms with Crippen LogP contribution in [-0.2, 0) is 19.1 Å². The molecule has 0 rings (SSSR count). The first-order chi connectivity index (χ1) is 12.9. The largest absolute Gasteiger partial charge is 0.465 e. The van der Waals surface area contributed by atoms with Crippen molar-refractivity contribution in [1.29, 1.82) is 0 Å². The molecule has 27 heavy (non-hydrogen) atoms. The summed E-state index contributed by atoms with van der Waals surface area (Å²) < 4.78 is 11.1. The molecule has 160 valence electrons. The highest BCUT2D eigenvalue weighted by Gasteiger charge is 2.20. The summed E-state index contributed by atoms with van der Waals surface area (Å²) in [6.07, 6.45) is 8.52. The molecule has 4 nitrogen and oxygen atoms in total. The fraction of sp³-hybridized carbons (Fsp3) is 0.913. The zero-order valence-corrected chi connectivity index (χ0v) is 18.7. The van der Waals surface area contributed by atoms with Gasteiger partial charge in [0.25, 0.3) is 0 Å². The molecule has 0 saturated carbocycles. The van der Waals surface area contributed by atoms with Gasteiger partial charge in [-0.05, 0) is 50.4 Å². The summed E-state index contributed by atoms with van der Waals surface area (Å²) >= 11 is 0. The molecule has 0 bridgehead atoms. The fourth-order valence-electron chi connectivity index (χ4n) is 3.34. The monoisotopic (exact) mass is 384 g/mol. The molecule has 4 atom stereocenters. The highest BCUT2D eigenvalue weighted by atomic mass is 16.5. The lowest BCUT2D eigenvalue weighted by Gasteiger charge is -2.20. The number of ether oxygens (including phenoxy) is 2. The summed E-state index contributed by atoms with van der Waals surface area (Å²) in [6.45, 7) is 13.6. The van der Waals surface area contributed by atoms with Gasteiger partial charge < -0.3 is 9.47 Å². The minimum Gasteiger partial charge on any atom is -0.465 e. The number of rotatable bonds is 16. The molecular weight excluding hydrogens is 340 g/mol. The minimum atomic E-state index is -0.0475. The Kier molecular flexibility index (Phi) is 15.3. The van der Waals surface area contributed by atoms with E-state index in [1.165, 1.54) is 0 Å². The summed E-state index contributed by atoms with van der Waals surface area (Å²) in [5.41, 5.74) is 0. The molecule has 0 saturated heterocycles. The minimum absolute atomic E-state index is 0.0405. The molecule has 4 heteroatoms. The first-order valence-electron chi connectivity index (χ1n) is 11.3. The zero-order valence-electron chi connectivity index (χ0n) is 18.7. The van der Waals surface area contributed by atoms with Crippen molar-refractivity contribution in [3.63, 3.8) is 0 Å². The van der Waals surface area contributed by atoms with E-state index in [9.17, 15) is 9.59 Å². The summed E-state index contributed by atoms with van der Waals surface area (Å²) in [5.74, 6) is 0.714. The van der Waals surface area contributed by atoms with Gasteiger partial charge in [-0.2, -0.15) is 0 Å². The number of hydrogen-bond acceptors (Lipinski definition) is 4. The van der Waals surface area contributed by atoms with Crippen molar-refractivity contribution in [2.45, 2.75) is 99.3 Å². The smallest absolute Gasteiger partial charge is 0.308 e. The van der Waals surface area contributed by atoms with Gasteiger partial charge in [0, 0.05) is 0 Å². The van der Waals surface area contributed by atoms with Crippen LogP contribution in [0.5, 0.6) is 0 Å². The number of esters is 2. The molecule has 0 fully saturated rings. The second-order valence-electron chi connectivity index (χ2n) is 8.00. The second-order valence-corrected chi connectivity index (χ2v) is 8.00. The van der Waals surface area contributed by atoms with Crippen molar-refractivity contribution in [3.05, 3.63) is 0 Å². The highest BCUT2D eigenvalue weighted by Crippen LogP contribution is 2.20. The van der Waals surface area contributed by atoms with Crippen molar-refractivity contribution in [1.82, 2.24) is 0 Å². The SMILES string of the molecule is CCCC(CC)C(=O)OCC(C)CCC(CC)COC(=O)C(CC)CCC. The molecule has 0 aromatic rings. The molecule has 0 heterocycles. The van der Waals surface area contributed by atoms with Gasteiger partial charge in [-0.15, -0.1) is 0 Å². The van der Waals surface area contributed by atoms with E-state index in [-0.39, 0.29) is 23.8 Å². The Labute approximate surface area is 167 Å². The van der Waals surface area contributed by atoms with Gasteiger partial charge >= 0.3 is 11.9 Å². The van der Waals surface area contributed by atoms with E-state index >= 15 is 0 Å². The lowest BCUT2D eigenvalue weighted by Crippen LogP contribution is -2.22. The van der Waals surface area contributed by atoms with Gasteiger partial charge in [0.2, 0.25) is 0 Å². The van der Waals surface area contributed by atoms with Gasteiger partial charge in [0.05, 0.1) is 25.0 Å². The van der Waals surface area contributed by atoms with E-state index in [2.05, 4.69) is 27.7 Å². The lowest BCUT2D eigenvalue weighted by atomic mass is 9.95. The summed E-state index contributed by atoms with van der Waals surface area (Å²) in [7, 11) is 0. The van der Waals surface area contributed by atoms with E-state index < -0.39 is 0 Å². The maximum absolute atomic E-state index is 12.2. The summed E-state index contributed by atoms with van der Waals surface area (Å²) in [6, 6.07) is 0. The third kappa shape index (κ3) is 11.4. The van der Waals surface area contributed by atoms with Gasteiger partial charge in [0.1, 0.15) is 0 Å². The van der Waals surface area contributed by atoms with Crippen LogP contribution in [0.1, 0.15) is 99.3 Å². The van der Waals surface area contributed by atoms with Crippen molar-refractivity contribution in [2.24, 2.45) is 23.7 Å². The van der Waals surface area contributed by atoms with Crippen molar-refractivity contribution < 1.29 is 19.1 Å². The van der Waals surface area contributed by atoms with Gasteiger partial charge in [-0.25, -0.2) is 0 Å². The Morgan fingerprint density at radius 2 is 1.15 bits per heavy atom. The molecular formula is C23H44O4. The first-order valence-corrected chi connectivity index (χ1v) is 11.3. The Morgan fingerprint density at radius 3 is 1.56 bits per heavy atom. The molecule has 0 aliphatic heterocycles. The van der Waals surface area contributed by atoms with Crippen LogP contribution < -0.4 is 0 Å². The molecule has 0 aromatic carbocycles. The van der Waals surface area contributed by atoms with E-state index in [0.717, 1.165) is 57.8 Å². The van der Waals surface area contributed by atoms with Gasteiger partial charge in [-0.3, -0.25) is 9.59 Å². The van der Waals surface area contributed by atoms with Crippen LogP contribution in [0.25, 0.3) is 0 Å². The highest BCUT2D eigenvalue weighted by molar-refractivity contribution is 5.72. The van der Waals surface area contributed by atoms with E-state index in [1.807, 2.05) is 13.8 Å².